The summed E-state index contributed by atoms with van der Waals surface area (Å²) in [5, 5.41) is 2.96. The molecule has 0 saturated carbocycles. The third-order valence-corrected chi connectivity index (χ3v) is 6.01. The number of carbonyl (C=O) groups excluding carboxylic acids is 2. The van der Waals surface area contributed by atoms with Crippen LogP contribution in [0.5, 0.6) is 11.5 Å². The van der Waals surface area contributed by atoms with Gasteiger partial charge in [-0.3, -0.25) is 9.59 Å². The van der Waals surface area contributed by atoms with Gasteiger partial charge in [-0.1, -0.05) is 36.4 Å². The summed E-state index contributed by atoms with van der Waals surface area (Å²) in [4.78, 5) is 27.0. The van der Waals surface area contributed by atoms with Crippen LogP contribution in [0.3, 0.4) is 0 Å². The predicted octanol–water partition coefficient (Wildman–Crippen LogP) is 5.67. The average molecular weight is 483 g/mol. The van der Waals surface area contributed by atoms with E-state index in [1.54, 1.807) is 4.90 Å². The van der Waals surface area contributed by atoms with E-state index in [0.717, 1.165) is 17.7 Å². The van der Waals surface area contributed by atoms with Crippen molar-refractivity contribution in [3.8, 4) is 11.5 Å². The van der Waals surface area contributed by atoms with Gasteiger partial charge in [0.05, 0.1) is 5.56 Å². The predicted molar refractivity (Wildman–Crippen MR) is 125 cm³/mol. The lowest BCUT2D eigenvalue weighted by Crippen LogP contribution is -2.43. The summed E-state index contributed by atoms with van der Waals surface area (Å²) in [6.45, 7) is 1.05. The van der Waals surface area contributed by atoms with Crippen LogP contribution in [0.15, 0.2) is 78.9 Å². The number of benzene rings is 3. The van der Waals surface area contributed by atoms with Crippen molar-refractivity contribution in [1.82, 2.24) is 10.2 Å². The number of rotatable bonds is 6. The Morgan fingerprint density at radius 3 is 2.17 bits per heavy atom. The molecule has 1 heterocycles. The van der Waals surface area contributed by atoms with E-state index in [1.807, 2.05) is 54.6 Å². The molecule has 1 fully saturated rings. The quantitative estimate of drug-likeness (QED) is 0.493. The highest BCUT2D eigenvalue weighted by molar-refractivity contribution is 5.94. The molecule has 0 unspecified atom stereocenters. The minimum atomic E-state index is -4.44. The molecule has 2 amide bonds. The molecule has 1 saturated heterocycles. The van der Waals surface area contributed by atoms with Crippen molar-refractivity contribution in [2.75, 3.05) is 13.1 Å². The van der Waals surface area contributed by atoms with Crippen molar-refractivity contribution in [1.29, 1.82) is 0 Å². The van der Waals surface area contributed by atoms with Crippen LogP contribution in [0.4, 0.5) is 13.2 Å². The summed E-state index contributed by atoms with van der Waals surface area (Å²) in [6.07, 6.45) is -3.47. The van der Waals surface area contributed by atoms with Crippen LogP contribution in [0, 0.1) is 5.92 Å². The van der Waals surface area contributed by atoms with Gasteiger partial charge in [-0.05, 0) is 55.3 Å². The monoisotopic (exact) mass is 482 g/mol. The molecule has 0 atom stereocenters. The fourth-order valence-corrected chi connectivity index (χ4v) is 4.02. The van der Waals surface area contributed by atoms with Gasteiger partial charge < -0.3 is 15.0 Å². The second-order valence-corrected chi connectivity index (χ2v) is 8.38. The Morgan fingerprint density at radius 2 is 1.51 bits per heavy atom. The van der Waals surface area contributed by atoms with Crippen LogP contribution in [0.25, 0.3) is 0 Å². The molecule has 5 nitrogen and oxygen atoms in total. The number of carbonyl (C=O) groups is 2. The molecule has 35 heavy (non-hydrogen) atoms. The standard InChI is InChI=1S/C27H25F3N2O3/c28-27(29,30)22-12-10-20(11-13-22)26(34)32-16-14-19(15-17-32)25(33)31-18-21-6-4-5-9-24(21)35-23-7-2-1-3-8-23/h1-13,19H,14-18H2,(H,31,33). The highest BCUT2D eigenvalue weighted by Gasteiger charge is 2.31. The topological polar surface area (TPSA) is 58.6 Å². The summed E-state index contributed by atoms with van der Waals surface area (Å²) in [6, 6.07) is 21.1. The fraction of sp³-hybridized carbons (Fsp3) is 0.259. The Hall–Kier alpha value is -3.81. The fourth-order valence-electron chi connectivity index (χ4n) is 4.02. The van der Waals surface area contributed by atoms with Crippen molar-refractivity contribution < 1.29 is 27.5 Å². The average Bonchev–Trinajstić information content (AvgIpc) is 2.88. The van der Waals surface area contributed by atoms with Crippen LogP contribution >= 0.6 is 0 Å². The van der Waals surface area contributed by atoms with Gasteiger partial charge in [-0.2, -0.15) is 13.2 Å². The Bertz CT molecular complexity index is 1160. The summed E-state index contributed by atoms with van der Waals surface area (Å²) >= 11 is 0. The maximum absolute atomic E-state index is 12.8. The summed E-state index contributed by atoms with van der Waals surface area (Å²) < 4.78 is 44.2. The molecule has 4 rings (SSSR count). The molecule has 0 bridgehead atoms. The lowest BCUT2D eigenvalue weighted by atomic mass is 9.95. The Balaban J connectivity index is 1.29. The van der Waals surface area contributed by atoms with Crippen molar-refractivity contribution >= 4 is 11.8 Å². The Morgan fingerprint density at radius 1 is 0.886 bits per heavy atom. The Kier molecular flexibility index (Phi) is 7.39. The molecule has 1 aliphatic rings. The largest absolute Gasteiger partial charge is 0.457 e. The number of hydrogen-bond acceptors (Lipinski definition) is 3. The zero-order valence-electron chi connectivity index (χ0n) is 18.9. The molecule has 1 aliphatic heterocycles. The molecule has 3 aromatic rings. The minimum Gasteiger partial charge on any atom is -0.457 e. The molecular weight excluding hydrogens is 457 g/mol. The van der Waals surface area contributed by atoms with Gasteiger partial charge in [0.15, 0.2) is 0 Å². The first-order chi connectivity index (χ1) is 16.8. The molecular formula is C27H25F3N2O3. The first kappa shape index (κ1) is 24.3. The number of halogens is 3. The zero-order chi connectivity index (χ0) is 24.8. The van der Waals surface area contributed by atoms with E-state index >= 15 is 0 Å². The van der Waals surface area contributed by atoms with E-state index in [4.69, 9.17) is 4.74 Å². The van der Waals surface area contributed by atoms with E-state index in [0.29, 0.717) is 44.0 Å². The second kappa shape index (κ2) is 10.6. The summed E-state index contributed by atoms with van der Waals surface area (Å²) in [5.41, 5.74) is 0.260. The van der Waals surface area contributed by atoms with Crippen molar-refractivity contribution in [2.24, 2.45) is 5.92 Å². The number of alkyl halides is 3. The second-order valence-electron chi connectivity index (χ2n) is 8.38. The van der Waals surface area contributed by atoms with Crippen LogP contribution in [-0.2, 0) is 17.5 Å². The lowest BCUT2D eigenvalue weighted by molar-refractivity contribution is -0.137. The van der Waals surface area contributed by atoms with Crippen LogP contribution in [0.2, 0.25) is 0 Å². The van der Waals surface area contributed by atoms with Crippen LogP contribution < -0.4 is 10.1 Å². The van der Waals surface area contributed by atoms with Crippen molar-refractivity contribution in [3.05, 3.63) is 95.6 Å². The number of piperidine rings is 1. The SMILES string of the molecule is O=C(NCc1ccccc1Oc1ccccc1)C1CCN(C(=O)c2ccc(C(F)(F)F)cc2)CC1. The first-order valence-corrected chi connectivity index (χ1v) is 11.4. The van der Waals surface area contributed by atoms with Gasteiger partial charge >= 0.3 is 6.18 Å². The molecule has 0 aromatic heterocycles. The third kappa shape index (κ3) is 6.20. The lowest BCUT2D eigenvalue weighted by Gasteiger charge is -2.31. The van der Waals surface area contributed by atoms with E-state index in [2.05, 4.69) is 5.32 Å². The zero-order valence-corrected chi connectivity index (χ0v) is 18.9. The molecule has 1 N–H and O–H groups in total. The van der Waals surface area contributed by atoms with Crippen molar-refractivity contribution in [3.63, 3.8) is 0 Å². The number of amides is 2. The number of para-hydroxylation sites is 2. The van der Waals surface area contributed by atoms with Gasteiger partial charge in [0, 0.05) is 36.7 Å². The van der Waals surface area contributed by atoms with Gasteiger partial charge in [-0.15, -0.1) is 0 Å². The van der Waals surface area contributed by atoms with Gasteiger partial charge in [0.25, 0.3) is 5.91 Å². The van der Waals surface area contributed by atoms with E-state index < -0.39 is 11.7 Å². The third-order valence-electron chi connectivity index (χ3n) is 6.01. The van der Waals surface area contributed by atoms with Crippen molar-refractivity contribution in [2.45, 2.75) is 25.6 Å². The van der Waals surface area contributed by atoms with E-state index in [1.165, 1.54) is 12.1 Å². The smallest absolute Gasteiger partial charge is 0.416 e. The number of likely N-dealkylation sites (tertiary alicyclic amines) is 1. The first-order valence-electron chi connectivity index (χ1n) is 11.4. The molecule has 0 aliphatic carbocycles. The van der Waals surface area contributed by atoms with Gasteiger partial charge in [-0.25, -0.2) is 0 Å². The number of nitrogens with one attached hydrogen (secondary N) is 1. The molecule has 3 aromatic carbocycles. The maximum atomic E-state index is 12.8. The number of nitrogens with zero attached hydrogens (tertiary/aromatic N) is 1. The molecule has 182 valence electrons. The Labute approximate surface area is 201 Å². The summed E-state index contributed by atoms with van der Waals surface area (Å²) in [5.74, 6) is 0.701. The number of ether oxygens (including phenoxy) is 1. The van der Waals surface area contributed by atoms with E-state index in [9.17, 15) is 22.8 Å². The van der Waals surface area contributed by atoms with E-state index in [-0.39, 0.29) is 23.3 Å². The van der Waals surface area contributed by atoms with Crippen LogP contribution in [-0.4, -0.2) is 29.8 Å². The minimum absolute atomic E-state index is 0.0962. The highest BCUT2D eigenvalue weighted by atomic mass is 19.4. The normalized spacial score (nSPS) is 14.4. The van der Waals surface area contributed by atoms with Gasteiger partial charge in [0.1, 0.15) is 11.5 Å². The summed E-state index contributed by atoms with van der Waals surface area (Å²) in [7, 11) is 0. The molecule has 0 spiro atoms. The maximum Gasteiger partial charge on any atom is 0.416 e. The van der Waals surface area contributed by atoms with Crippen LogP contribution in [0.1, 0.15) is 34.3 Å². The number of hydrogen-bond donors (Lipinski definition) is 1. The molecule has 0 radical (unpaired) electrons. The highest BCUT2D eigenvalue weighted by Crippen LogP contribution is 2.30. The molecule has 8 heteroatoms. The van der Waals surface area contributed by atoms with Gasteiger partial charge in [0.2, 0.25) is 5.91 Å².